The molecule has 1 aliphatic carbocycles. The minimum absolute atomic E-state index is 0. The van der Waals surface area contributed by atoms with Gasteiger partial charge in [-0.15, -0.1) is 0 Å². The fourth-order valence-corrected chi connectivity index (χ4v) is 2.31. The smallest absolute Gasteiger partial charge is 0.772 e. The van der Waals surface area contributed by atoms with Crippen LogP contribution in [0.15, 0.2) is 0 Å². The molecule has 0 spiro atoms. The Kier molecular flexibility index (Phi) is 7.24. The van der Waals surface area contributed by atoms with E-state index >= 15 is 0 Å². The maximum absolute atomic E-state index is 11.1. The average Bonchev–Trinajstić information content (AvgIpc) is 2.17. The topological polar surface area (TPSA) is 66.4 Å². The second-order valence-electron chi connectivity index (χ2n) is 3.26. The number of esters is 1. The molecule has 1 fully saturated rings. The van der Waals surface area contributed by atoms with Gasteiger partial charge in [0.1, 0.15) is 0 Å². The molecule has 0 saturated heterocycles. The Balaban J connectivity index is 0.00000169. The summed E-state index contributed by atoms with van der Waals surface area (Å²) in [5.41, 5.74) is 0. The van der Waals surface area contributed by atoms with Crippen molar-refractivity contribution in [2.75, 3.05) is 7.11 Å². The predicted octanol–water partition coefficient (Wildman–Crippen LogP) is -2.40. The van der Waals surface area contributed by atoms with Crippen LogP contribution in [-0.2, 0) is 20.6 Å². The quantitative estimate of drug-likeness (QED) is 0.300. The van der Waals surface area contributed by atoms with Crippen LogP contribution in [0.1, 0.15) is 25.7 Å². The molecule has 1 atom stereocenters. The summed E-state index contributed by atoms with van der Waals surface area (Å²) < 4.78 is 25.8. The molecule has 6 heteroatoms. The van der Waals surface area contributed by atoms with E-state index in [0.717, 1.165) is 0 Å². The molecule has 0 aliphatic heterocycles. The van der Waals surface area contributed by atoms with Crippen LogP contribution >= 0.6 is 0 Å². The first-order valence-corrected chi connectivity index (χ1v) is 5.45. The Morgan fingerprint density at radius 3 is 2.21 bits per heavy atom. The predicted molar refractivity (Wildman–Crippen MR) is 46.7 cm³/mol. The normalized spacial score (nSPS) is 28.7. The second kappa shape index (κ2) is 6.95. The number of carbonyl (C=O) groups is 1. The van der Waals surface area contributed by atoms with Crippen molar-refractivity contribution in [3.8, 4) is 0 Å². The summed E-state index contributed by atoms with van der Waals surface area (Å²) in [4.78, 5) is 11.1. The molecular weight excluding hydrogens is 215 g/mol. The Bertz CT molecular complexity index is 213. The number of ether oxygens (including phenoxy) is 1. The average molecular weight is 228 g/mol. The maximum atomic E-state index is 11.1. The van der Waals surface area contributed by atoms with E-state index in [4.69, 9.17) is 0 Å². The third kappa shape index (κ3) is 3.98. The van der Waals surface area contributed by atoms with Gasteiger partial charge in [-0.05, 0) is 25.7 Å². The fraction of sp³-hybridized carbons (Fsp3) is 0.875. The zero-order valence-corrected chi connectivity index (χ0v) is 11.3. The van der Waals surface area contributed by atoms with Crippen molar-refractivity contribution in [2.24, 2.45) is 5.92 Å². The molecule has 0 aromatic carbocycles. The molecule has 4 nitrogen and oxygen atoms in total. The van der Waals surface area contributed by atoms with Crippen molar-refractivity contribution in [2.45, 2.75) is 30.9 Å². The Labute approximate surface area is 108 Å². The minimum atomic E-state index is -1.98. The van der Waals surface area contributed by atoms with Crippen LogP contribution in [0.25, 0.3) is 0 Å². The summed E-state index contributed by atoms with van der Waals surface area (Å²) in [6.07, 6.45) is 2.42. The molecule has 1 aliphatic rings. The van der Waals surface area contributed by atoms with E-state index in [1.54, 1.807) is 0 Å². The van der Waals surface area contributed by atoms with Crippen LogP contribution < -0.4 is 29.6 Å². The fourth-order valence-electron chi connectivity index (χ4n) is 1.66. The summed E-state index contributed by atoms with van der Waals surface area (Å²) in [6.45, 7) is 0. The van der Waals surface area contributed by atoms with Crippen molar-refractivity contribution in [1.82, 2.24) is 0 Å². The van der Waals surface area contributed by atoms with E-state index in [2.05, 4.69) is 4.74 Å². The van der Waals surface area contributed by atoms with Gasteiger partial charge in [-0.1, -0.05) is 11.1 Å². The molecule has 1 saturated carbocycles. The number of hydrogen-bond donors (Lipinski definition) is 0. The molecule has 1 unspecified atom stereocenters. The standard InChI is InChI=1S/C8H14O4S.Na/c1-12-8(9)6-2-4-7(5-3-6)13(10)11;/h6-7H,2-5H2,1H3,(H,10,11);/q;+1/p-1. The molecule has 0 heterocycles. The molecule has 0 radical (unpaired) electrons. The van der Waals surface area contributed by atoms with Crippen molar-refractivity contribution in [3.05, 3.63) is 0 Å². The molecule has 0 N–H and O–H groups in total. The molecule has 1 rings (SSSR count). The van der Waals surface area contributed by atoms with Crippen LogP contribution in [0, 0.1) is 5.92 Å². The molecule has 0 bridgehead atoms. The van der Waals surface area contributed by atoms with Gasteiger partial charge in [0.15, 0.2) is 0 Å². The molecule has 0 aromatic heterocycles. The van der Waals surface area contributed by atoms with E-state index < -0.39 is 11.1 Å². The molecular formula is C8H13NaO4S. The number of methoxy groups -OCH3 is 1. The summed E-state index contributed by atoms with van der Waals surface area (Å²) in [6, 6.07) is 0. The number of hydrogen-bond acceptors (Lipinski definition) is 4. The third-order valence-corrected chi connectivity index (χ3v) is 3.50. The number of carbonyl (C=O) groups excluding carboxylic acids is 1. The second-order valence-corrected chi connectivity index (χ2v) is 4.44. The SMILES string of the molecule is COC(=O)C1CCC(S(=O)[O-])CC1.[Na+]. The van der Waals surface area contributed by atoms with Crippen LogP contribution in [0.4, 0.5) is 0 Å². The zero-order valence-electron chi connectivity index (χ0n) is 8.52. The van der Waals surface area contributed by atoms with Gasteiger partial charge in [-0.2, -0.15) is 0 Å². The first-order chi connectivity index (χ1) is 6.15. The maximum Gasteiger partial charge on any atom is 1.00 e. The van der Waals surface area contributed by atoms with Gasteiger partial charge >= 0.3 is 35.5 Å². The summed E-state index contributed by atoms with van der Waals surface area (Å²) in [5, 5.41) is -0.263. The van der Waals surface area contributed by atoms with Crippen molar-refractivity contribution in [3.63, 3.8) is 0 Å². The van der Waals surface area contributed by atoms with Gasteiger partial charge in [-0.3, -0.25) is 9.00 Å². The molecule has 14 heavy (non-hydrogen) atoms. The van der Waals surface area contributed by atoms with E-state index in [0.29, 0.717) is 25.7 Å². The molecule has 76 valence electrons. The van der Waals surface area contributed by atoms with E-state index in [-0.39, 0.29) is 46.7 Å². The number of rotatable bonds is 2. The van der Waals surface area contributed by atoms with Gasteiger partial charge in [0.2, 0.25) is 0 Å². The van der Waals surface area contributed by atoms with Crippen molar-refractivity contribution in [1.29, 1.82) is 0 Å². The Morgan fingerprint density at radius 1 is 1.36 bits per heavy atom. The summed E-state index contributed by atoms with van der Waals surface area (Å²) in [7, 11) is 1.36. The molecule has 0 amide bonds. The summed E-state index contributed by atoms with van der Waals surface area (Å²) in [5.74, 6) is -0.306. The first-order valence-electron chi connectivity index (χ1n) is 4.31. The Hall–Kier alpha value is 0.580. The first kappa shape index (κ1) is 14.6. The van der Waals surface area contributed by atoms with Crippen LogP contribution in [0.5, 0.6) is 0 Å². The van der Waals surface area contributed by atoms with Crippen LogP contribution in [0.3, 0.4) is 0 Å². The van der Waals surface area contributed by atoms with E-state index in [9.17, 15) is 13.6 Å². The van der Waals surface area contributed by atoms with Gasteiger partial charge < -0.3 is 9.29 Å². The third-order valence-electron chi connectivity index (χ3n) is 2.48. The van der Waals surface area contributed by atoms with Gasteiger partial charge in [0.05, 0.1) is 13.0 Å². The Morgan fingerprint density at radius 2 is 1.86 bits per heavy atom. The van der Waals surface area contributed by atoms with E-state index in [1.165, 1.54) is 7.11 Å². The van der Waals surface area contributed by atoms with Gasteiger partial charge in [0, 0.05) is 5.25 Å². The zero-order chi connectivity index (χ0) is 9.84. The minimum Gasteiger partial charge on any atom is -0.772 e. The largest absolute Gasteiger partial charge is 1.00 e. The van der Waals surface area contributed by atoms with E-state index in [1.807, 2.05) is 0 Å². The van der Waals surface area contributed by atoms with Gasteiger partial charge in [-0.25, -0.2) is 0 Å². The van der Waals surface area contributed by atoms with Gasteiger partial charge in [0.25, 0.3) is 0 Å². The van der Waals surface area contributed by atoms with Crippen molar-refractivity contribution >= 4 is 17.0 Å². The van der Waals surface area contributed by atoms with Crippen molar-refractivity contribution < 1.29 is 47.9 Å². The van der Waals surface area contributed by atoms with Crippen LogP contribution in [-0.4, -0.2) is 27.1 Å². The summed E-state index contributed by atoms with van der Waals surface area (Å²) >= 11 is -1.98. The monoisotopic (exact) mass is 228 g/mol. The van der Waals surface area contributed by atoms with Crippen LogP contribution in [0.2, 0.25) is 0 Å². The molecule has 0 aromatic rings.